The Kier molecular flexibility index (Phi) is 2.85. The zero-order valence-electron chi connectivity index (χ0n) is 10.2. The van der Waals surface area contributed by atoms with E-state index in [1.54, 1.807) is 0 Å². The average molecular weight is 237 g/mol. The van der Waals surface area contributed by atoms with Crippen LogP contribution in [0, 0.1) is 17.2 Å². The van der Waals surface area contributed by atoms with Gasteiger partial charge in [0.2, 0.25) is 0 Å². The highest BCUT2D eigenvalue weighted by atomic mass is 14.9. The molecule has 0 aliphatic heterocycles. The summed E-state index contributed by atoms with van der Waals surface area (Å²) in [5, 5.41) is 8.90. The Morgan fingerprint density at radius 1 is 1.39 bits per heavy atom. The van der Waals surface area contributed by atoms with E-state index in [4.69, 9.17) is 5.26 Å². The largest absolute Gasteiger partial charge is 0.349 e. The number of aromatic amines is 1. The molecular formula is C15H15N3. The summed E-state index contributed by atoms with van der Waals surface area (Å²) in [5.74, 6) is 1.74. The Balaban J connectivity index is 1.75. The molecule has 0 bridgehead atoms. The van der Waals surface area contributed by atoms with Crippen LogP contribution < -0.4 is 0 Å². The van der Waals surface area contributed by atoms with Crippen LogP contribution in [0.25, 0.3) is 0 Å². The van der Waals surface area contributed by atoms with Gasteiger partial charge in [-0.25, -0.2) is 4.98 Å². The van der Waals surface area contributed by atoms with Crippen molar-refractivity contribution >= 4 is 0 Å². The molecule has 3 rings (SSSR count). The molecule has 0 amide bonds. The normalized spacial score (nSPS) is 18.1. The highest BCUT2D eigenvalue weighted by molar-refractivity contribution is 5.39. The molecule has 90 valence electrons. The van der Waals surface area contributed by atoms with Crippen LogP contribution in [-0.2, 0) is 19.3 Å². The molecule has 1 aliphatic carbocycles. The number of hydrogen-bond acceptors (Lipinski definition) is 2. The lowest BCUT2D eigenvalue weighted by Crippen LogP contribution is -2.17. The second-order valence-corrected chi connectivity index (χ2v) is 4.94. The lowest BCUT2D eigenvalue weighted by molar-refractivity contribution is 0.448. The van der Waals surface area contributed by atoms with E-state index < -0.39 is 0 Å². The van der Waals surface area contributed by atoms with E-state index in [0.717, 1.165) is 30.7 Å². The van der Waals surface area contributed by atoms with Crippen molar-refractivity contribution < 1.29 is 0 Å². The minimum atomic E-state index is 0.664. The van der Waals surface area contributed by atoms with E-state index in [2.05, 4.69) is 22.1 Å². The number of aryl methyl sites for hydroxylation is 1. The number of nitriles is 1. The van der Waals surface area contributed by atoms with Crippen molar-refractivity contribution in [2.45, 2.75) is 25.7 Å². The molecule has 2 aromatic rings. The first kappa shape index (κ1) is 11.0. The Labute approximate surface area is 106 Å². The number of rotatable bonds is 2. The summed E-state index contributed by atoms with van der Waals surface area (Å²) in [6.07, 6.45) is 8.07. The number of aromatic nitrogens is 2. The zero-order chi connectivity index (χ0) is 12.4. The predicted molar refractivity (Wildman–Crippen MR) is 69.0 cm³/mol. The molecule has 0 fully saturated rings. The van der Waals surface area contributed by atoms with Crippen molar-refractivity contribution in [3.8, 4) is 6.07 Å². The molecule has 0 saturated carbocycles. The first-order chi connectivity index (χ1) is 8.85. The van der Waals surface area contributed by atoms with Crippen LogP contribution in [0.5, 0.6) is 0 Å². The molecule has 1 unspecified atom stereocenters. The molecule has 1 aromatic carbocycles. The number of imidazole rings is 1. The maximum absolute atomic E-state index is 8.90. The van der Waals surface area contributed by atoms with Gasteiger partial charge in [-0.15, -0.1) is 0 Å². The summed E-state index contributed by atoms with van der Waals surface area (Å²) in [5.41, 5.74) is 3.53. The molecule has 0 radical (unpaired) electrons. The van der Waals surface area contributed by atoms with Crippen LogP contribution in [0.1, 0.15) is 28.9 Å². The topological polar surface area (TPSA) is 52.5 Å². The van der Waals surface area contributed by atoms with E-state index in [-0.39, 0.29) is 0 Å². The third kappa shape index (κ3) is 2.14. The first-order valence-electron chi connectivity index (χ1n) is 6.35. The Hall–Kier alpha value is -2.08. The van der Waals surface area contributed by atoms with Gasteiger partial charge in [0.25, 0.3) is 0 Å². The standard InChI is InChI=1S/C15H15N3/c16-10-12-2-4-13-7-11(1-3-14(13)8-12)9-15-17-5-6-18-15/h2,4-6,8,11H,1,3,7,9H2,(H,17,18). The van der Waals surface area contributed by atoms with Gasteiger partial charge in [0.15, 0.2) is 0 Å². The molecule has 1 aliphatic rings. The molecule has 1 heterocycles. The van der Waals surface area contributed by atoms with Gasteiger partial charge in [-0.3, -0.25) is 0 Å². The van der Waals surface area contributed by atoms with Crippen LogP contribution in [0.4, 0.5) is 0 Å². The Bertz CT molecular complexity index is 578. The van der Waals surface area contributed by atoms with Gasteiger partial charge in [-0.05, 0) is 48.4 Å². The van der Waals surface area contributed by atoms with E-state index in [0.29, 0.717) is 5.92 Å². The third-order valence-corrected chi connectivity index (χ3v) is 3.70. The molecule has 3 heteroatoms. The van der Waals surface area contributed by atoms with Crippen molar-refractivity contribution in [1.82, 2.24) is 9.97 Å². The zero-order valence-corrected chi connectivity index (χ0v) is 10.2. The van der Waals surface area contributed by atoms with Crippen LogP contribution in [-0.4, -0.2) is 9.97 Å². The van der Waals surface area contributed by atoms with Crippen LogP contribution in [0.3, 0.4) is 0 Å². The van der Waals surface area contributed by atoms with Crippen molar-refractivity contribution in [3.05, 3.63) is 53.1 Å². The lowest BCUT2D eigenvalue weighted by Gasteiger charge is -2.24. The monoisotopic (exact) mass is 237 g/mol. The van der Waals surface area contributed by atoms with Gasteiger partial charge in [0.05, 0.1) is 11.6 Å². The number of fused-ring (bicyclic) bond motifs is 1. The highest BCUT2D eigenvalue weighted by Gasteiger charge is 2.19. The summed E-state index contributed by atoms with van der Waals surface area (Å²) >= 11 is 0. The molecule has 1 aromatic heterocycles. The number of nitrogens with one attached hydrogen (secondary N) is 1. The SMILES string of the molecule is N#Cc1ccc2c(c1)CCC(Cc1ncc[nH]1)C2. The molecular weight excluding hydrogens is 222 g/mol. The maximum Gasteiger partial charge on any atom is 0.106 e. The van der Waals surface area contributed by atoms with Gasteiger partial charge >= 0.3 is 0 Å². The fourth-order valence-electron chi connectivity index (χ4n) is 2.76. The van der Waals surface area contributed by atoms with Gasteiger partial charge in [-0.1, -0.05) is 6.07 Å². The third-order valence-electron chi connectivity index (χ3n) is 3.70. The van der Waals surface area contributed by atoms with Crippen molar-refractivity contribution in [2.24, 2.45) is 5.92 Å². The fourth-order valence-corrected chi connectivity index (χ4v) is 2.76. The maximum atomic E-state index is 8.90. The van der Waals surface area contributed by atoms with Crippen molar-refractivity contribution in [1.29, 1.82) is 5.26 Å². The summed E-state index contributed by atoms with van der Waals surface area (Å²) < 4.78 is 0. The summed E-state index contributed by atoms with van der Waals surface area (Å²) in [7, 11) is 0. The van der Waals surface area contributed by atoms with Gasteiger partial charge in [0.1, 0.15) is 5.82 Å². The van der Waals surface area contributed by atoms with Crippen LogP contribution >= 0.6 is 0 Å². The molecule has 0 spiro atoms. The van der Waals surface area contributed by atoms with Crippen molar-refractivity contribution in [2.75, 3.05) is 0 Å². The number of nitrogens with zero attached hydrogens (tertiary/aromatic N) is 2. The summed E-state index contributed by atoms with van der Waals surface area (Å²) in [6.45, 7) is 0. The van der Waals surface area contributed by atoms with Gasteiger partial charge in [-0.2, -0.15) is 5.26 Å². The van der Waals surface area contributed by atoms with E-state index in [1.807, 2.05) is 24.5 Å². The van der Waals surface area contributed by atoms with E-state index in [9.17, 15) is 0 Å². The average Bonchev–Trinajstić information content (AvgIpc) is 2.91. The molecule has 1 N–H and O–H groups in total. The lowest BCUT2D eigenvalue weighted by atomic mass is 9.81. The predicted octanol–water partition coefficient (Wildman–Crippen LogP) is 2.63. The quantitative estimate of drug-likeness (QED) is 0.873. The summed E-state index contributed by atoms with van der Waals surface area (Å²) in [6, 6.07) is 8.29. The van der Waals surface area contributed by atoms with Gasteiger partial charge < -0.3 is 4.98 Å². The minimum absolute atomic E-state index is 0.664. The Morgan fingerprint density at radius 2 is 2.33 bits per heavy atom. The van der Waals surface area contributed by atoms with Crippen LogP contribution in [0.15, 0.2) is 30.6 Å². The number of hydrogen-bond donors (Lipinski definition) is 1. The number of H-pyrrole nitrogens is 1. The minimum Gasteiger partial charge on any atom is -0.349 e. The van der Waals surface area contributed by atoms with Crippen LogP contribution in [0.2, 0.25) is 0 Å². The highest BCUT2D eigenvalue weighted by Crippen LogP contribution is 2.28. The summed E-state index contributed by atoms with van der Waals surface area (Å²) in [4.78, 5) is 7.47. The first-order valence-corrected chi connectivity index (χ1v) is 6.35. The molecule has 1 atom stereocenters. The van der Waals surface area contributed by atoms with Crippen molar-refractivity contribution in [3.63, 3.8) is 0 Å². The molecule has 0 saturated heterocycles. The number of benzene rings is 1. The molecule has 18 heavy (non-hydrogen) atoms. The fraction of sp³-hybridized carbons (Fsp3) is 0.333. The second-order valence-electron chi connectivity index (χ2n) is 4.94. The van der Waals surface area contributed by atoms with Gasteiger partial charge in [0, 0.05) is 18.8 Å². The van der Waals surface area contributed by atoms with E-state index in [1.165, 1.54) is 17.5 Å². The van der Waals surface area contributed by atoms with E-state index >= 15 is 0 Å². The smallest absolute Gasteiger partial charge is 0.106 e. The molecule has 3 nitrogen and oxygen atoms in total. The Morgan fingerprint density at radius 3 is 3.11 bits per heavy atom. The second kappa shape index (κ2) is 4.66.